The van der Waals surface area contributed by atoms with Crippen molar-refractivity contribution in [3.63, 3.8) is 0 Å². The molecule has 3 aromatic heterocycles. The molecule has 148 valence electrons. The molecule has 1 unspecified atom stereocenters. The lowest BCUT2D eigenvalue weighted by Gasteiger charge is -2.36. The maximum atomic E-state index is 4.79. The summed E-state index contributed by atoms with van der Waals surface area (Å²) in [5.41, 5.74) is 3.83. The molecule has 29 heavy (non-hydrogen) atoms. The average molecular weight is 404 g/mol. The predicted octanol–water partition coefficient (Wildman–Crippen LogP) is 2.07. The maximum Gasteiger partial charge on any atom is 0.102 e. The number of rotatable bonds is 4. The van der Waals surface area contributed by atoms with E-state index < -0.39 is 0 Å². The molecule has 0 amide bonds. The van der Waals surface area contributed by atoms with Gasteiger partial charge >= 0.3 is 0 Å². The third-order valence-electron chi connectivity index (χ3n) is 5.61. The Labute approximate surface area is 174 Å². The highest BCUT2D eigenvalue weighted by molar-refractivity contribution is 7.16. The first kappa shape index (κ1) is 18.3. The SMILES string of the molecule is Cc1cc2c(s1)NC=c1cccnc1=C2N1CCNC(CCc2cccnc2)C1. The molecule has 5 heterocycles. The lowest BCUT2D eigenvalue weighted by Crippen LogP contribution is -2.51. The summed E-state index contributed by atoms with van der Waals surface area (Å²) in [7, 11) is 0. The lowest BCUT2D eigenvalue weighted by atomic mass is 10.0. The van der Waals surface area contributed by atoms with E-state index in [4.69, 9.17) is 4.98 Å². The summed E-state index contributed by atoms with van der Waals surface area (Å²) in [5, 5.41) is 10.7. The summed E-state index contributed by atoms with van der Waals surface area (Å²) < 4.78 is 0. The molecule has 5 rings (SSSR count). The van der Waals surface area contributed by atoms with E-state index in [2.05, 4.69) is 51.8 Å². The molecule has 0 aromatic carbocycles. The highest BCUT2D eigenvalue weighted by atomic mass is 32.1. The van der Waals surface area contributed by atoms with Gasteiger partial charge in [-0.05, 0) is 49.6 Å². The van der Waals surface area contributed by atoms with Crippen LogP contribution in [0.5, 0.6) is 0 Å². The van der Waals surface area contributed by atoms with Crippen LogP contribution in [0.1, 0.15) is 22.4 Å². The summed E-state index contributed by atoms with van der Waals surface area (Å²) in [4.78, 5) is 12.9. The zero-order valence-electron chi connectivity index (χ0n) is 16.6. The predicted molar refractivity (Wildman–Crippen MR) is 119 cm³/mol. The minimum Gasteiger partial charge on any atom is -0.366 e. The highest BCUT2D eigenvalue weighted by Gasteiger charge is 2.26. The van der Waals surface area contributed by atoms with Gasteiger partial charge in [0.2, 0.25) is 0 Å². The Hall–Kier alpha value is -2.70. The van der Waals surface area contributed by atoms with Crippen LogP contribution < -0.4 is 21.2 Å². The quantitative estimate of drug-likeness (QED) is 0.699. The van der Waals surface area contributed by atoms with Crippen LogP contribution in [0.3, 0.4) is 0 Å². The van der Waals surface area contributed by atoms with Crippen molar-refractivity contribution >= 4 is 28.2 Å². The molecule has 0 saturated carbocycles. The van der Waals surface area contributed by atoms with Crippen molar-refractivity contribution < 1.29 is 0 Å². The second-order valence-electron chi connectivity index (χ2n) is 7.68. The van der Waals surface area contributed by atoms with Gasteiger partial charge in [0, 0.05) is 66.1 Å². The van der Waals surface area contributed by atoms with Crippen molar-refractivity contribution in [2.75, 3.05) is 25.0 Å². The molecule has 2 aliphatic rings. The molecule has 3 aromatic rings. The van der Waals surface area contributed by atoms with Crippen LogP contribution >= 0.6 is 11.3 Å². The van der Waals surface area contributed by atoms with Crippen LogP contribution in [-0.2, 0) is 6.42 Å². The van der Waals surface area contributed by atoms with Crippen LogP contribution in [0.2, 0.25) is 0 Å². The molecule has 1 atom stereocenters. The zero-order chi connectivity index (χ0) is 19.6. The van der Waals surface area contributed by atoms with E-state index in [1.165, 1.54) is 26.7 Å². The molecule has 1 fully saturated rings. The summed E-state index contributed by atoms with van der Waals surface area (Å²) >= 11 is 1.81. The van der Waals surface area contributed by atoms with Gasteiger partial charge in [-0.3, -0.25) is 9.97 Å². The monoisotopic (exact) mass is 403 g/mol. The number of thiophene rings is 1. The fourth-order valence-electron chi connectivity index (χ4n) is 4.23. The van der Waals surface area contributed by atoms with Gasteiger partial charge in [-0.1, -0.05) is 6.07 Å². The Bertz CT molecular complexity index is 1120. The van der Waals surface area contributed by atoms with Crippen molar-refractivity contribution in [1.82, 2.24) is 20.2 Å². The fraction of sp³-hybridized carbons (Fsp3) is 0.304. The molecule has 5 nitrogen and oxygen atoms in total. The fourth-order valence-corrected chi connectivity index (χ4v) is 5.11. The second kappa shape index (κ2) is 7.97. The van der Waals surface area contributed by atoms with Gasteiger partial charge in [-0.2, -0.15) is 0 Å². The van der Waals surface area contributed by atoms with Crippen LogP contribution in [0.4, 0.5) is 5.00 Å². The lowest BCUT2D eigenvalue weighted by molar-refractivity contribution is 0.268. The standard InChI is InChI=1S/C23H25N5S/c1-16-12-20-22(21-18(5-3-9-26-21)14-27-23(20)29-16)28-11-10-25-19(15-28)7-6-17-4-2-8-24-13-17/h2-5,8-9,12-14,19,25,27H,6-7,10-11,15H2,1H3. The van der Waals surface area contributed by atoms with Crippen LogP contribution in [0.15, 0.2) is 48.9 Å². The Kier molecular flexibility index (Phi) is 5.04. The van der Waals surface area contributed by atoms with Crippen molar-refractivity contribution in [2.45, 2.75) is 25.8 Å². The van der Waals surface area contributed by atoms with Gasteiger partial charge in [-0.15, -0.1) is 11.3 Å². The number of hydrogen-bond acceptors (Lipinski definition) is 6. The maximum absolute atomic E-state index is 4.79. The van der Waals surface area contributed by atoms with E-state index in [1.54, 1.807) is 0 Å². The first-order valence-corrected chi connectivity index (χ1v) is 11.0. The van der Waals surface area contributed by atoms with Crippen LogP contribution in [0.25, 0.3) is 11.9 Å². The number of aryl methyl sites for hydroxylation is 2. The molecule has 0 radical (unpaired) electrons. The van der Waals surface area contributed by atoms with Gasteiger partial charge < -0.3 is 15.5 Å². The summed E-state index contributed by atoms with van der Waals surface area (Å²) in [6.45, 7) is 5.13. The van der Waals surface area contributed by atoms with E-state index in [0.717, 1.165) is 43.0 Å². The van der Waals surface area contributed by atoms with Crippen LogP contribution in [-0.4, -0.2) is 40.5 Å². The van der Waals surface area contributed by atoms with Gasteiger partial charge in [0.05, 0.1) is 11.0 Å². The Morgan fingerprint density at radius 3 is 3.07 bits per heavy atom. The Balaban J connectivity index is 1.47. The van der Waals surface area contributed by atoms with E-state index in [9.17, 15) is 0 Å². The number of pyridine rings is 2. The number of nitrogens with one attached hydrogen (secondary N) is 2. The van der Waals surface area contributed by atoms with E-state index in [0.29, 0.717) is 6.04 Å². The topological polar surface area (TPSA) is 53.1 Å². The minimum atomic E-state index is 0.451. The molecule has 1 saturated heterocycles. The number of piperazine rings is 1. The molecular weight excluding hydrogens is 378 g/mol. The molecule has 2 N–H and O–H groups in total. The van der Waals surface area contributed by atoms with Crippen LogP contribution in [0, 0.1) is 6.92 Å². The van der Waals surface area contributed by atoms with Gasteiger partial charge in [-0.25, -0.2) is 0 Å². The van der Waals surface area contributed by atoms with Gasteiger partial charge in [0.25, 0.3) is 0 Å². The van der Waals surface area contributed by atoms with E-state index in [-0.39, 0.29) is 0 Å². The zero-order valence-corrected chi connectivity index (χ0v) is 17.4. The molecule has 0 bridgehead atoms. The first-order valence-electron chi connectivity index (χ1n) is 10.2. The molecular formula is C23H25N5S. The van der Waals surface area contributed by atoms with E-state index in [1.807, 2.05) is 42.1 Å². The van der Waals surface area contributed by atoms with Gasteiger partial charge in [0.15, 0.2) is 0 Å². The largest absolute Gasteiger partial charge is 0.366 e. The average Bonchev–Trinajstić information content (AvgIpc) is 3.05. The number of nitrogens with zero attached hydrogens (tertiary/aromatic N) is 3. The Morgan fingerprint density at radius 2 is 2.17 bits per heavy atom. The van der Waals surface area contributed by atoms with Crippen molar-refractivity contribution in [1.29, 1.82) is 0 Å². The normalized spacial score (nSPS) is 18.3. The third kappa shape index (κ3) is 3.78. The number of anilines is 1. The van der Waals surface area contributed by atoms with Crippen molar-refractivity contribution in [3.05, 3.63) is 75.5 Å². The first-order chi connectivity index (χ1) is 14.3. The highest BCUT2D eigenvalue weighted by Crippen LogP contribution is 2.34. The number of fused-ring (bicyclic) bond motifs is 2. The smallest absolute Gasteiger partial charge is 0.102 e. The van der Waals surface area contributed by atoms with Crippen molar-refractivity contribution in [3.8, 4) is 0 Å². The number of hydrogen-bond donors (Lipinski definition) is 2. The molecule has 2 aliphatic heterocycles. The van der Waals surface area contributed by atoms with E-state index >= 15 is 0 Å². The molecule has 6 heteroatoms. The minimum absolute atomic E-state index is 0.451. The third-order valence-corrected chi connectivity index (χ3v) is 6.59. The Morgan fingerprint density at radius 1 is 1.24 bits per heavy atom. The number of aromatic nitrogens is 2. The van der Waals surface area contributed by atoms with Crippen molar-refractivity contribution in [2.24, 2.45) is 0 Å². The summed E-state index contributed by atoms with van der Waals surface area (Å²) in [6, 6.07) is 11.1. The molecule has 0 aliphatic carbocycles. The van der Waals surface area contributed by atoms with Gasteiger partial charge in [0.1, 0.15) is 5.00 Å². The molecule has 0 spiro atoms. The summed E-state index contributed by atoms with van der Waals surface area (Å²) in [6.07, 6.45) is 9.95. The summed E-state index contributed by atoms with van der Waals surface area (Å²) in [5.74, 6) is 0. The second-order valence-corrected chi connectivity index (χ2v) is 8.93.